The molecule has 0 fully saturated rings. The van der Waals surface area contributed by atoms with E-state index in [0.717, 1.165) is 5.01 Å². The van der Waals surface area contributed by atoms with Crippen molar-refractivity contribution in [1.29, 1.82) is 0 Å². The summed E-state index contributed by atoms with van der Waals surface area (Å²) < 4.78 is 0. The third-order valence-corrected chi connectivity index (χ3v) is 5.35. The number of hydrogen-bond donors (Lipinski definition) is 2. The summed E-state index contributed by atoms with van der Waals surface area (Å²) in [6.45, 7) is 3.92. The number of urea groups is 1. The van der Waals surface area contributed by atoms with Crippen molar-refractivity contribution >= 4 is 63.0 Å². The van der Waals surface area contributed by atoms with Gasteiger partial charge in [-0.25, -0.2) is 4.79 Å². The number of benzene rings is 1. The first kappa shape index (κ1) is 17.3. The molecule has 1 heterocycles. The van der Waals surface area contributed by atoms with Crippen LogP contribution in [0.25, 0.3) is 0 Å². The van der Waals surface area contributed by atoms with Crippen molar-refractivity contribution in [2.75, 3.05) is 16.5 Å². The number of nitrogens with zero attached hydrogens (tertiary/aromatic N) is 2. The lowest BCUT2D eigenvalue weighted by molar-refractivity contribution is 0.262. The molecule has 0 spiro atoms. The molecule has 5 nitrogen and oxygen atoms in total. The summed E-state index contributed by atoms with van der Waals surface area (Å²) in [5.41, 5.74) is 0.233. The second-order valence-electron chi connectivity index (χ2n) is 5.14. The van der Waals surface area contributed by atoms with Crippen molar-refractivity contribution in [3.63, 3.8) is 0 Å². The van der Waals surface area contributed by atoms with Crippen LogP contribution in [0.4, 0.5) is 15.6 Å². The Labute approximate surface area is 147 Å². The number of anilines is 2. The molecule has 0 bridgehead atoms. The van der Waals surface area contributed by atoms with Crippen LogP contribution in [0.1, 0.15) is 18.9 Å². The number of nitrogens with one attached hydrogen (secondary N) is 2. The molecule has 1 aromatic carbocycles. The smallest absolute Gasteiger partial charge is 0.308 e. The lowest BCUT2D eigenvalue weighted by Crippen LogP contribution is -2.19. The molecule has 2 aromatic rings. The number of carbonyl (C=O) groups excluding carboxylic acids is 1. The summed E-state index contributed by atoms with van der Waals surface area (Å²) >= 11 is 18.9. The van der Waals surface area contributed by atoms with E-state index in [0.29, 0.717) is 26.7 Å². The lowest BCUT2D eigenvalue weighted by atomic mass is 9.98. The molecule has 0 radical (unpaired) electrons. The van der Waals surface area contributed by atoms with Crippen LogP contribution in [0.2, 0.25) is 10.0 Å². The zero-order valence-corrected chi connectivity index (χ0v) is 14.9. The Kier molecular flexibility index (Phi) is 5.50. The molecular formula is C13H13Cl3N4OS. The topological polar surface area (TPSA) is 66.9 Å². The van der Waals surface area contributed by atoms with Crippen LogP contribution in [-0.2, 0) is 5.41 Å². The van der Waals surface area contributed by atoms with Gasteiger partial charge in [-0.1, -0.05) is 48.4 Å². The second-order valence-corrected chi connectivity index (χ2v) is 7.20. The third-order valence-electron chi connectivity index (χ3n) is 2.74. The minimum Gasteiger partial charge on any atom is -0.308 e. The van der Waals surface area contributed by atoms with Gasteiger partial charge in [0.1, 0.15) is 5.01 Å². The fourth-order valence-corrected chi connectivity index (χ4v) is 2.78. The van der Waals surface area contributed by atoms with E-state index in [9.17, 15) is 4.79 Å². The molecule has 0 saturated carbocycles. The van der Waals surface area contributed by atoms with Gasteiger partial charge in [0.25, 0.3) is 0 Å². The van der Waals surface area contributed by atoms with Gasteiger partial charge < -0.3 is 5.32 Å². The summed E-state index contributed by atoms with van der Waals surface area (Å²) in [6.07, 6.45) is 0. The monoisotopic (exact) mass is 378 g/mol. The highest BCUT2D eigenvalue weighted by Crippen LogP contribution is 2.29. The molecule has 22 heavy (non-hydrogen) atoms. The normalized spacial score (nSPS) is 11.3. The number of hydrogen-bond acceptors (Lipinski definition) is 4. The molecule has 2 rings (SSSR count). The Bertz CT molecular complexity index is 690. The molecule has 9 heteroatoms. The molecule has 2 amide bonds. The standard InChI is InChI=1S/C13H13Cl3N4OS/c1-13(2,6-14)10-19-20-12(22-10)18-11(21)17-7-3-4-8(15)9(16)5-7/h3-5H,6H2,1-2H3,(H2,17,18,20,21). The molecule has 0 aliphatic carbocycles. The molecule has 1 aromatic heterocycles. The maximum Gasteiger partial charge on any atom is 0.325 e. The molecular weight excluding hydrogens is 367 g/mol. The highest BCUT2D eigenvalue weighted by atomic mass is 35.5. The van der Waals surface area contributed by atoms with Gasteiger partial charge in [-0.3, -0.25) is 5.32 Å². The first-order chi connectivity index (χ1) is 10.3. The van der Waals surface area contributed by atoms with E-state index in [1.54, 1.807) is 18.2 Å². The first-order valence-corrected chi connectivity index (χ1v) is 8.35. The molecule has 0 aliphatic heterocycles. The quantitative estimate of drug-likeness (QED) is 0.734. The summed E-state index contributed by atoms with van der Waals surface area (Å²) in [5, 5.41) is 15.2. The average Bonchev–Trinajstić information content (AvgIpc) is 2.92. The minimum atomic E-state index is -0.440. The SMILES string of the molecule is CC(C)(CCl)c1nnc(NC(=O)Nc2ccc(Cl)c(Cl)c2)s1. The van der Waals surface area contributed by atoms with Gasteiger partial charge in [0.2, 0.25) is 5.13 Å². The average molecular weight is 380 g/mol. The Morgan fingerprint density at radius 2 is 1.95 bits per heavy atom. The fraction of sp³-hybridized carbons (Fsp3) is 0.308. The van der Waals surface area contributed by atoms with Gasteiger partial charge in [-0.05, 0) is 18.2 Å². The predicted molar refractivity (Wildman–Crippen MR) is 92.8 cm³/mol. The van der Waals surface area contributed by atoms with Crippen LogP contribution in [0, 0.1) is 0 Å². The molecule has 118 valence electrons. The number of rotatable bonds is 4. The summed E-state index contributed by atoms with van der Waals surface area (Å²) in [7, 11) is 0. The number of halogens is 3. The van der Waals surface area contributed by atoms with Gasteiger partial charge in [-0.15, -0.1) is 21.8 Å². The molecule has 0 saturated heterocycles. The van der Waals surface area contributed by atoms with E-state index in [1.165, 1.54) is 11.3 Å². The van der Waals surface area contributed by atoms with E-state index in [1.807, 2.05) is 13.8 Å². The summed E-state index contributed by atoms with van der Waals surface area (Å²) in [4.78, 5) is 11.9. The maximum absolute atomic E-state index is 11.9. The Balaban J connectivity index is 2.02. The summed E-state index contributed by atoms with van der Waals surface area (Å²) in [6, 6.07) is 4.37. The fourth-order valence-electron chi connectivity index (χ4n) is 1.44. The number of carbonyl (C=O) groups is 1. The molecule has 0 aliphatic rings. The number of aromatic nitrogens is 2. The van der Waals surface area contributed by atoms with E-state index in [2.05, 4.69) is 20.8 Å². The third kappa shape index (κ3) is 4.23. The van der Waals surface area contributed by atoms with Crippen LogP contribution in [0.3, 0.4) is 0 Å². The van der Waals surface area contributed by atoms with Gasteiger partial charge >= 0.3 is 6.03 Å². The van der Waals surface area contributed by atoms with Crippen molar-refractivity contribution in [3.05, 3.63) is 33.3 Å². The minimum absolute atomic E-state index is 0.292. The predicted octanol–water partition coefficient (Wildman–Crippen LogP) is 5.01. The molecule has 2 N–H and O–H groups in total. The van der Waals surface area contributed by atoms with Crippen LogP contribution in [0.5, 0.6) is 0 Å². The van der Waals surface area contributed by atoms with Crippen LogP contribution < -0.4 is 10.6 Å². The van der Waals surface area contributed by atoms with Crippen LogP contribution in [-0.4, -0.2) is 22.1 Å². The molecule has 0 unspecified atom stereocenters. The van der Waals surface area contributed by atoms with Gasteiger partial charge in [0.05, 0.1) is 10.0 Å². The largest absolute Gasteiger partial charge is 0.325 e. The van der Waals surface area contributed by atoms with Crippen molar-refractivity contribution in [3.8, 4) is 0 Å². The van der Waals surface area contributed by atoms with E-state index >= 15 is 0 Å². The van der Waals surface area contributed by atoms with Crippen molar-refractivity contribution < 1.29 is 4.79 Å². The zero-order valence-electron chi connectivity index (χ0n) is 11.8. The van der Waals surface area contributed by atoms with Gasteiger partial charge in [-0.2, -0.15) is 0 Å². The number of amides is 2. The zero-order chi connectivity index (χ0) is 16.3. The highest BCUT2D eigenvalue weighted by Gasteiger charge is 2.24. The van der Waals surface area contributed by atoms with Crippen molar-refractivity contribution in [1.82, 2.24) is 10.2 Å². The van der Waals surface area contributed by atoms with Crippen LogP contribution in [0.15, 0.2) is 18.2 Å². The summed E-state index contributed by atoms with van der Waals surface area (Å²) in [5.74, 6) is 0.414. The van der Waals surface area contributed by atoms with Crippen molar-refractivity contribution in [2.24, 2.45) is 0 Å². The van der Waals surface area contributed by atoms with Gasteiger partial charge in [0.15, 0.2) is 0 Å². The van der Waals surface area contributed by atoms with E-state index in [4.69, 9.17) is 34.8 Å². The Morgan fingerprint density at radius 3 is 2.59 bits per heavy atom. The molecule has 0 atom stereocenters. The van der Waals surface area contributed by atoms with E-state index < -0.39 is 6.03 Å². The van der Waals surface area contributed by atoms with Gasteiger partial charge in [0, 0.05) is 17.0 Å². The number of alkyl halides is 1. The second kappa shape index (κ2) is 7.00. The maximum atomic E-state index is 11.9. The van der Waals surface area contributed by atoms with E-state index in [-0.39, 0.29) is 5.41 Å². The van der Waals surface area contributed by atoms with Crippen LogP contribution >= 0.6 is 46.1 Å². The lowest BCUT2D eigenvalue weighted by Gasteiger charge is -2.16. The first-order valence-electron chi connectivity index (χ1n) is 6.25. The Hall–Kier alpha value is -1.08. The highest BCUT2D eigenvalue weighted by molar-refractivity contribution is 7.15. The Morgan fingerprint density at radius 1 is 1.23 bits per heavy atom. The van der Waals surface area contributed by atoms with Crippen molar-refractivity contribution in [2.45, 2.75) is 19.3 Å².